The molecule has 0 spiro atoms. The SMILES string of the molecule is COC1=C(C)C=NC(CC#N)C1(C)Sc1nc2ccc(OC)cc2[nH]1. The molecule has 0 fully saturated rings. The van der Waals surface area contributed by atoms with E-state index in [1.807, 2.05) is 32.0 Å². The maximum Gasteiger partial charge on any atom is 0.167 e. The van der Waals surface area contributed by atoms with Crippen LogP contribution < -0.4 is 4.74 Å². The van der Waals surface area contributed by atoms with Gasteiger partial charge >= 0.3 is 0 Å². The highest BCUT2D eigenvalue weighted by molar-refractivity contribution is 8.00. The van der Waals surface area contributed by atoms with Gasteiger partial charge in [-0.2, -0.15) is 5.26 Å². The molecule has 130 valence electrons. The Morgan fingerprint density at radius 3 is 2.84 bits per heavy atom. The number of nitrogens with one attached hydrogen (secondary N) is 1. The molecule has 0 bridgehead atoms. The summed E-state index contributed by atoms with van der Waals surface area (Å²) in [6, 6.07) is 7.74. The quantitative estimate of drug-likeness (QED) is 0.883. The van der Waals surface area contributed by atoms with Gasteiger partial charge in [-0.05, 0) is 26.0 Å². The number of dihydropyridines is 1. The molecule has 0 saturated heterocycles. The number of aromatic amines is 1. The van der Waals surface area contributed by atoms with Gasteiger partial charge in [0.25, 0.3) is 0 Å². The summed E-state index contributed by atoms with van der Waals surface area (Å²) in [7, 11) is 3.29. The third-order valence-corrected chi connectivity index (χ3v) is 5.63. The Kier molecular flexibility index (Phi) is 4.73. The van der Waals surface area contributed by atoms with Crippen molar-refractivity contribution >= 4 is 29.0 Å². The van der Waals surface area contributed by atoms with Crippen LogP contribution in [0.1, 0.15) is 20.3 Å². The van der Waals surface area contributed by atoms with Gasteiger partial charge in [0.2, 0.25) is 0 Å². The Balaban J connectivity index is 2.00. The molecule has 3 rings (SSSR count). The molecule has 2 atom stereocenters. The molecular formula is C18H20N4O2S. The highest BCUT2D eigenvalue weighted by Crippen LogP contribution is 2.45. The molecule has 1 aliphatic heterocycles. The predicted molar refractivity (Wildman–Crippen MR) is 99.1 cm³/mol. The van der Waals surface area contributed by atoms with Crippen molar-refractivity contribution < 1.29 is 9.47 Å². The van der Waals surface area contributed by atoms with Gasteiger partial charge in [-0.1, -0.05) is 11.8 Å². The van der Waals surface area contributed by atoms with Crippen molar-refractivity contribution in [3.05, 3.63) is 29.5 Å². The van der Waals surface area contributed by atoms with Crippen LogP contribution in [0.5, 0.6) is 5.75 Å². The van der Waals surface area contributed by atoms with Crippen LogP contribution in [0.4, 0.5) is 0 Å². The first-order valence-electron chi connectivity index (χ1n) is 7.90. The summed E-state index contributed by atoms with van der Waals surface area (Å²) in [6.45, 7) is 4.01. The topological polar surface area (TPSA) is 83.3 Å². The molecule has 0 saturated carbocycles. The largest absolute Gasteiger partial charge is 0.499 e. The fourth-order valence-corrected chi connectivity index (χ4v) is 4.42. The monoisotopic (exact) mass is 356 g/mol. The number of ether oxygens (including phenoxy) is 2. The van der Waals surface area contributed by atoms with Gasteiger partial charge in [0.05, 0.1) is 43.8 Å². The molecule has 0 aliphatic carbocycles. The molecule has 1 aliphatic rings. The molecule has 7 heteroatoms. The number of thioether (sulfide) groups is 1. The molecule has 2 heterocycles. The summed E-state index contributed by atoms with van der Waals surface area (Å²) in [5.74, 6) is 1.60. The van der Waals surface area contributed by atoms with E-state index >= 15 is 0 Å². The molecule has 1 N–H and O–H groups in total. The zero-order valence-corrected chi connectivity index (χ0v) is 15.5. The average molecular weight is 356 g/mol. The van der Waals surface area contributed by atoms with Crippen molar-refractivity contribution in [1.82, 2.24) is 9.97 Å². The summed E-state index contributed by atoms with van der Waals surface area (Å²) in [5, 5.41) is 9.94. The van der Waals surface area contributed by atoms with Gasteiger partial charge < -0.3 is 14.5 Å². The molecule has 2 unspecified atom stereocenters. The van der Waals surface area contributed by atoms with E-state index in [1.165, 1.54) is 11.8 Å². The van der Waals surface area contributed by atoms with Crippen LogP contribution in [-0.4, -0.2) is 41.2 Å². The van der Waals surface area contributed by atoms with Crippen LogP contribution in [-0.2, 0) is 4.74 Å². The standard InChI is InChI=1S/C18H20N4O2S/c1-11-10-20-15(7-8-19)18(2,16(11)24-4)25-17-21-13-6-5-12(23-3)9-14(13)22-17/h5-6,9-10,15H,7H2,1-4H3,(H,21,22). The van der Waals surface area contributed by atoms with Crippen LogP contribution in [0.15, 0.2) is 39.7 Å². The highest BCUT2D eigenvalue weighted by Gasteiger charge is 2.43. The molecule has 6 nitrogen and oxygen atoms in total. The number of methoxy groups -OCH3 is 2. The highest BCUT2D eigenvalue weighted by atomic mass is 32.2. The maximum atomic E-state index is 9.19. The van der Waals surface area contributed by atoms with Crippen LogP contribution in [0.25, 0.3) is 11.0 Å². The van der Waals surface area contributed by atoms with Gasteiger partial charge in [-0.25, -0.2) is 4.98 Å². The lowest BCUT2D eigenvalue weighted by Gasteiger charge is -2.37. The summed E-state index contributed by atoms with van der Waals surface area (Å²) >= 11 is 1.54. The zero-order valence-electron chi connectivity index (χ0n) is 14.7. The Morgan fingerprint density at radius 1 is 1.36 bits per heavy atom. The Hall–Kier alpha value is -2.46. The number of fused-ring (bicyclic) bond motifs is 1. The normalized spacial score (nSPS) is 22.9. The van der Waals surface area contributed by atoms with Crippen molar-refractivity contribution in [3.8, 4) is 11.8 Å². The zero-order chi connectivity index (χ0) is 18.0. The second-order valence-electron chi connectivity index (χ2n) is 6.01. The number of hydrogen-bond acceptors (Lipinski definition) is 6. The minimum Gasteiger partial charge on any atom is -0.499 e. The fourth-order valence-electron chi connectivity index (χ4n) is 3.10. The second-order valence-corrected chi connectivity index (χ2v) is 7.45. The van der Waals surface area contributed by atoms with Crippen molar-refractivity contribution in [2.45, 2.75) is 36.2 Å². The van der Waals surface area contributed by atoms with Gasteiger partial charge in [0.15, 0.2) is 5.16 Å². The summed E-state index contributed by atoms with van der Waals surface area (Å²) in [5.41, 5.74) is 2.73. The number of imidazole rings is 1. The molecule has 0 amide bonds. The van der Waals surface area contributed by atoms with E-state index in [0.29, 0.717) is 6.42 Å². The van der Waals surface area contributed by atoms with E-state index in [9.17, 15) is 5.26 Å². The first kappa shape index (κ1) is 17.4. The summed E-state index contributed by atoms with van der Waals surface area (Å²) < 4.78 is 10.4. The number of nitriles is 1. The van der Waals surface area contributed by atoms with Crippen LogP contribution in [0, 0.1) is 11.3 Å². The Morgan fingerprint density at radius 2 is 2.16 bits per heavy atom. The maximum absolute atomic E-state index is 9.19. The molecule has 2 aromatic rings. The minimum absolute atomic E-state index is 0.205. The lowest BCUT2D eigenvalue weighted by Crippen LogP contribution is -2.40. The van der Waals surface area contributed by atoms with Gasteiger partial charge in [-0.3, -0.25) is 4.99 Å². The number of benzene rings is 1. The third kappa shape index (κ3) is 3.10. The summed E-state index contributed by atoms with van der Waals surface area (Å²) in [4.78, 5) is 12.5. The summed E-state index contributed by atoms with van der Waals surface area (Å²) in [6.07, 6.45) is 2.10. The lowest BCUT2D eigenvalue weighted by molar-refractivity contribution is 0.242. The fraction of sp³-hybridized carbons (Fsp3) is 0.389. The van der Waals surface area contributed by atoms with Gasteiger partial charge in [0.1, 0.15) is 16.3 Å². The Labute approximate surface area is 150 Å². The molecule has 1 aromatic carbocycles. The number of H-pyrrole nitrogens is 1. The van der Waals surface area contributed by atoms with E-state index in [2.05, 4.69) is 21.0 Å². The Bertz CT molecular complexity index is 896. The van der Waals surface area contributed by atoms with Crippen LogP contribution in [0.2, 0.25) is 0 Å². The number of aromatic nitrogens is 2. The number of allylic oxidation sites excluding steroid dienone is 1. The van der Waals surface area contributed by atoms with Crippen molar-refractivity contribution in [2.24, 2.45) is 4.99 Å². The van der Waals surface area contributed by atoms with Crippen molar-refractivity contribution in [1.29, 1.82) is 5.26 Å². The predicted octanol–water partition coefficient (Wildman–Crippen LogP) is 3.71. The van der Waals surface area contributed by atoms with E-state index in [-0.39, 0.29) is 6.04 Å². The van der Waals surface area contributed by atoms with E-state index in [4.69, 9.17) is 9.47 Å². The van der Waals surface area contributed by atoms with Crippen molar-refractivity contribution in [3.63, 3.8) is 0 Å². The average Bonchev–Trinajstić information content (AvgIpc) is 2.98. The first-order chi connectivity index (χ1) is 12.0. The number of hydrogen-bond donors (Lipinski definition) is 1. The first-order valence-corrected chi connectivity index (χ1v) is 8.71. The van der Waals surface area contributed by atoms with Gasteiger partial charge in [0, 0.05) is 17.9 Å². The molecule has 1 aromatic heterocycles. The lowest BCUT2D eigenvalue weighted by atomic mass is 9.91. The number of rotatable bonds is 5. The molecule has 0 radical (unpaired) electrons. The minimum atomic E-state index is -0.513. The third-order valence-electron chi connectivity index (χ3n) is 4.36. The van der Waals surface area contributed by atoms with Crippen LogP contribution in [0.3, 0.4) is 0 Å². The molecule has 25 heavy (non-hydrogen) atoms. The smallest absolute Gasteiger partial charge is 0.167 e. The molecular weight excluding hydrogens is 336 g/mol. The second kappa shape index (κ2) is 6.81. The number of nitrogens with zero attached hydrogens (tertiary/aromatic N) is 3. The van der Waals surface area contributed by atoms with E-state index in [0.717, 1.165) is 33.3 Å². The number of aliphatic imine (C=N–C) groups is 1. The van der Waals surface area contributed by atoms with E-state index < -0.39 is 4.75 Å². The van der Waals surface area contributed by atoms with Crippen molar-refractivity contribution in [2.75, 3.05) is 14.2 Å². The van der Waals surface area contributed by atoms with Crippen LogP contribution >= 0.6 is 11.8 Å². The van der Waals surface area contributed by atoms with Gasteiger partial charge in [-0.15, -0.1) is 0 Å². The van der Waals surface area contributed by atoms with E-state index in [1.54, 1.807) is 20.4 Å².